The number of aliphatic carboxylic acids is 2. The van der Waals surface area contributed by atoms with Crippen LogP contribution in [0, 0.1) is 0 Å². The van der Waals surface area contributed by atoms with Crippen molar-refractivity contribution in [3.63, 3.8) is 0 Å². The summed E-state index contributed by atoms with van der Waals surface area (Å²) in [4.78, 5) is 19.1. The van der Waals surface area contributed by atoms with Crippen LogP contribution in [0.4, 0.5) is 0 Å². The van der Waals surface area contributed by atoms with Gasteiger partial charge in [0.25, 0.3) is 0 Å². The summed E-state index contributed by atoms with van der Waals surface area (Å²) >= 11 is 0. The van der Waals surface area contributed by atoms with E-state index in [1.807, 2.05) is 0 Å². The van der Waals surface area contributed by atoms with Gasteiger partial charge in [0.15, 0.2) is 0 Å². The molecule has 12 heavy (non-hydrogen) atoms. The number of nitrogens with zero attached hydrogens (tertiary/aromatic N) is 2. The third-order valence-electron chi connectivity index (χ3n) is 0.368. The molecule has 6 nitrogen and oxygen atoms in total. The molecule has 0 rings (SSSR count). The third kappa shape index (κ3) is 37.1. The van der Waals surface area contributed by atoms with Gasteiger partial charge in [-0.1, -0.05) is 0 Å². The zero-order valence-corrected chi connectivity index (χ0v) is 7.21. The maximum atomic E-state index is 9.55. The van der Waals surface area contributed by atoms with Crippen LogP contribution in [0.2, 0.25) is 0 Å². The van der Waals surface area contributed by atoms with Crippen LogP contribution in [-0.4, -0.2) is 22.2 Å². The van der Waals surface area contributed by atoms with Gasteiger partial charge in [-0.15, -0.1) is 0 Å². The number of carbonyl (C=O) groups is 2. The molecule has 2 N–H and O–H groups in total. The average Bonchev–Trinajstić information content (AvgIpc) is 1.61. The molecule has 0 aliphatic rings. The van der Waals surface area contributed by atoms with Crippen molar-refractivity contribution in [3.05, 3.63) is 12.2 Å². The molecule has 0 heterocycles. The van der Waals surface area contributed by atoms with Gasteiger partial charge in [-0.2, -0.15) is 0 Å². The minimum Gasteiger partial charge on any atom is -0.478 e. The Bertz CT molecular complexity index is 134. The molecule has 56 valence electrons. The molecule has 0 unspecified atom stereocenters. The van der Waals surface area contributed by atoms with Crippen molar-refractivity contribution in [2.75, 3.05) is 0 Å². The second kappa shape index (κ2) is 16.4. The zero-order chi connectivity index (χ0) is 6.57. The lowest BCUT2D eigenvalue weighted by Crippen LogP contribution is -1.91. The average molecular weight is 208 g/mol. The third-order valence-corrected chi connectivity index (χ3v) is 0.368. The van der Waals surface area contributed by atoms with Gasteiger partial charge >= 0.3 is 51.2 Å². The Morgan fingerprint density at radius 1 is 0.833 bits per heavy atom. The van der Waals surface area contributed by atoms with E-state index in [0.29, 0.717) is 12.2 Å². The Hall–Kier alpha value is -1.20. The molecule has 0 amide bonds. The maximum Gasteiger partial charge on any atom is 3.00 e. The van der Waals surface area contributed by atoms with Crippen LogP contribution >= 0.6 is 0 Å². The molecule has 0 aromatic rings. The first kappa shape index (κ1) is 30.8. The van der Waals surface area contributed by atoms with E-state index in [1.54, 1.807) is 0 Å². The van der Waals surface area contributed by atoms with E-state index in [4.69, 9.17) is 10.2 Å². The summed E-state index contributed by atoms with van der Waals surface area (Å²) in [6.45, 7) is 0. The Morgan fingerprint density at radius 3 is 1.08 bits per heavy atom. The van der Waals surface area contributed by atoms with Crippen molar-refractivity contribution < 1.29 is 19.8 Å². The van der Waals surface area contributed by atoms with Gasteiger partial charge in [-0.25, -0.2) is 9.59 Å². The Labute approximate surface area is 83.7 Å². The molecule has 0 aromatic heterocycles. The molecule has 0 bridgehead atoms. The second-order valence-electron chi connectivity index (χ2n) is 1.01. The van der Waals surface area contributed by atoms with Crippen molar-refractivity contribution in [2.24, 2.45) is 0 Å². The highest BCUT2D eigenvalue weighted by atomic mass is 32.1. The van der Waals surface area contributed by atoms with Crippen molar-refractivity contribution in [1.29, 1.82) is 0 Å². The first-order valence-electron chi connectivity index (χ1n) is 1.77. The molecule has 0 spiro atoms. The molecule has 0 aromatic carbocycles. The number of carboxylic acid groups (broad SMARTS) is 2. The summed E-state index contributed by atoms with van der Waals surface area (Å²) in [6.07, 6.45) is 1.12. The summed E-state index contributed by atoms with van der Waals surface area (Å²) in [7, 11) is 0. The summed E-state index contributed by atoms with van der Waals surface area (Å²) in [5.74, 6) is -2.51. The fourth-order valence-corrected chi connectivity index (χ4v) is 0.143. The van der Waals surface area contributed by atoms with Crippen molar-refractivity contribution in [1.82, 2.24) is 12.3 Å². The normalized spacial score (nSPS) is 6.33. The van der Waals surface area contributed by atoms with Crippen LogP contribution < -0.4 is 12.3 Å². The summed E-state index contributed by atoms with van der Waals surface area (Å²) < 4.78 is 0. The van der Waals surface area contributed by atoms with Crippen LogP contribution in [-0.2, 0) is 36.6 Å². The van der Waals surface area contributed by atoms with Gasteiger partial charge in [-0.3, -0.25) is 0 Å². The maximum absolute atomic E-state index is 9.55. The highest BCUT2D eigenvalue weighted by molar-refractivity contribution is 7.37. The van der Waals surface area contributed by atoms with Crippen LogP contribution in [0.3, 0.4) is 0 Å². The number of hydrogen-bond donors (Lipinski definition) is 2. The van der Waals surface area contributed by atoms with Gasteiger partial charge in [0.1, 0.15) is 0 Å². The van der Waals surface area contributed by atoms with E-state index in [1.165, 1.54) is 0 Å². The minimum absolute atomic E-state index is 0. The van der Waals surface area contributed by atoms with Crippen LogP contribution in [0.25, 0.3) is 0 Å². The summed E-state index contributed by atoms with van der Waals surface area (Å²) in [6, 6.07) is 0. The van der Waals surface area contributed by atoms with Gasteiger partial charge in [0, 0.05) is 12.2 Å². The van der Waals surface area contributed by atoms with Crippen molar-refractivity contribution in [2.45, 2.75) is 0 Å². The van der Waals surface area contributed by atoms with Gasteiger partial charge in [0.2, 0.25) is 0 Å². The van der Waals surface area contributed by atoms with E-state index in [9.17, 15) is 9.59 Å². The van der Waals surface area contributed by atoms with Crippen LogP contribution in [0.5, 0.6) is 0 Å². The molecule has 0 fully saturated rings. The number of hydrogen-bond acceptors (Lipinski definition) is 2. The van der Waals surface area contributed by atoms with Crippen LogP contribution in [0.1, 0.15) is 0 Å². The van der Waals surface area contributed by atoms with Crippen LogP contribution in [0.15, 0.2) is 12.2 Å². The predicted molar refractivity (Wildman–Crippen MR) is 43.4 cm³/mol. The lowest BCUT2D eigenvalue weighted by molar-refractivity contribution is -0.134. The predicted octanol–water partition coefficient (Wildman–Crippen LogP) is -1.25. The molecular formula is C4H4N2O4S2+10. The quantitative estimate of drug-likeness (QED) is 0.547. The topological polar surface area (TPSA) is 136 Å². The highest BCUT2D eigenvalue weighted by Crippen LogP contribution is 1.70. The highest BCUT2D eigenvalue weighted by Gasteiger charge is 3.00. The standard InChI is InChI=1S/C4H4O4.2N.2S/c5-3(6)1-2-4(7)8;;;;/h1-2H,(H,5,6)(H,7,8);;;;/q;2*+3;2*+2/b2-1+;;;;. The molecule has 0 saturated carbocycles. The summed E-state index contributed by atoms with van der Waals surface area (Å²) in [5.41, 5.74) is 0. The van der Waals surface area contributed by atoms with E-state index >= 15 is 0 Å². The first-order valence-corrected chi connectivity index (χ1v) is 1.77. The van der Waals surface area contributed by atoms with E-state index in [-0.39, 0.29) is 39.3 Å². The van der Waals surface area contributed by atoms with Crippen molar-refractivity contribution >= 4 is 38.9 Å². The largest absolute Gasteiger partial charge is 3.00 e. The smallest absolute Gasteiger partial charge is 0.478 e. The lowest BCUT2D eigenvalue weighted by atomic mass is 10.5. The van der Waals surface area contributed by atoms with Gasteiger partial charge in [0.05, 0.1) is 0 Å². The molecule has 0 atom stereocenters. The Kier molecular flexibility index (Phi) is 42.2. The molecule has 0 saturated heterocycles. The fourth-order valence-electron chi connectivity index (χ4n) is 0.143. The Morgan fingerprint density at radius 2 is 1.00 bits per heavy atom. The SMILES string of the molecule is O=C(O)/C=C/C(=O)O.[N+3].[N+3].[S+2].[S+2]. The van der Waals surface area contributed by atoms with Crippen molar-refractivity contribution in [3.8, 4) is 0 Å². The molecule has 0 aliphatic heterocycles. The zero-order valence-electron chi connectivity index (χ0n) is 5.58. The molecule has 12 radical (unpaired) electrons. The molecule has 8 heteroatoms. The second-order valence-corrected chi connectivity index (χ2v) is 1.01. The van der Waals surface area contributed by atoms with E-state index in [0.717, 1.165) is 0 Å². The monoisotopic (exact) mass is 208 g/mol. The minimum atomic E-state index is -1.26. The van der Waals surface area contributed by atoms with Gasteiger partial charge in [-0.05, 0) is 0 Å². The lowest BCUT2D eigenvalue weighted by Gasteiger charge is -1.74. The van der Waals surface area contributed by atoms with E-state index in [2.05, 4.69) is 0 Å². The fraction of sp³-hybridized carbons (Fsp3) is 0. The number of rotatable bonds is 2. The summed E-state index contributed by atoms with van der Waals surface area (Å²) in [5, 5.41) is 15.6. The Balaban J connectivity index is -0.0000000408. The first-order chi connectivity index (χ1) is 3.63. The number of carboxylic acids is 2. The molecule has 0 aliphatic carbocycles. The van der Waals surface area contributed by atoms with Gasteiger partial charge < -0.3 is 10.2 Å². The van der Waals surface area contributed by atoms with E-state index < -0.39 is 11.9 Å². The molecular weight excluding hydrogens is 204 g/mol.